The van der Waals surface area contributed by atoms with E-state index in [1.807, 2.05) is 24.3 Å². The highest BCUT2D eigenvalue weighted by Gasteiger charge is 2.35. The van der Waals surface area contributed by atoms with E-state index in [2.05, 4.69) is 0 Å². The Hall–Kier alpha value is -3.30. The molecule has 0 N–H and O–H groups in total. The van der Waals surface area contributed by atoms with Gasteiger partial charge in [0.2, 0.25) is 5.91 Å². The summed E-state index contributed by atoms with van der Waals surface area (Å²) in [6.07, 6.45) is -4.07. The van der Waals surface area contributed by atoms with E-state index in [0.717, 1.165) is 23.4 Å². The number of nitro benzene ring substituents is 1. The van der Waals surface area contributed by atoms with E-state index in [4.69, 9.17) is 4.74 Å². The van der Waals surface area contributed by atoms with E-state index < -0.39 is 22.4 Å². The first-order valence-corrected chi connectivity index (χ1v) is 9.84. The first kappa shape index (κ1) is 21.0. The number of piperazine rings is 1. The number of benzene rings is 2. The molecule has 1 amide bonds. The molecule has 1 fully saturated rings. The van der Waals surface area contributed by atoms with Crippen molar-refractivity contribution in [1.82, 2.24) is 4.90 Å². The van der Waals surface area contributed by atoms with Crippen LogP contribution >= 0.6 is 0 Å². The van der Waals surface area contributed by atoms with Crippen molar-refractivity contribution in [2.45, 2.75) is 12.6 Å². The molecular weight excluding hydrogens is 415 g/mol. The summed E-state index contributed by atoms with van der Waals surface area (Å²) in [5.74, 6) is 0.434. The predicted octanol–water partition coefficient (Wildman–Crippen LogP) is 3.51. The van der Waals surface area contributed by atoms with Gasteiger partial charge < -0.3 is 14.5 Å². The number of hydrogen-bond donors (Lipinski definition) is 0. The average molecular weight is 435 g/mol. The second-order valence-corrected chi connectivity index (χ2v) is 7.59. The molecule has 2 aliphatic rings. The fourth-order valence-electron chi connectivity index (χ4n) is 4.03. The van der Waals surface area contributed by atoms with Crippen molar-refractivity contribution in [3.8, 4) is 5.75 Å². The monoisotopic (exact) mass is 435 g/mol. The number of alkyl halides is 3. The number of hydrogen-bond acceptors (Lipinski definition) is 5. The fraction of sp³-hybridized carbons (Fsp3) is 0.381. The molecule has 4 rings (SSSR count). The van der Waals surface area contributed by atoms with Crippen LogP contribution in [0.15, 0.2) is 42.5 Å². The molecule has 2 heterocycles. The van der Waals surface area contributed by atoms with Gasteiger partial charge in [0.15, 0.2) is 0 Å². The molecular formula is C21H20F3N3O4. The molecule has 10 heteroatoms. The topological polar surface area (TPSA) is 75.9 Å². The molecule has 0 aliphatic carbocycles. The summed E-state index contributed by atoms with van der Waals surface area (Å²) in [6, 6.07) is 10.1. The molecule has 0 radical (unpaired) electrons. The Kier molecular flexibility index (Phi) is 5.47. The Morgan fingerprint density at radius 3 is 2.48 bits per heavy atom. The summed E-state index contributed by atoms with van der Waals surface area (Å²) in [5, 5.41) is 11.4. The lowest BCUT2D eigenvalue weighted by Gasteiger charge is -2.38. The third kappa shape index (κ3) is 4.28. The summed E-state index contributed by atoms with van der Waals surface area (Å²) in [7, 11) is 0. The number of ether oxygens (including phenoxy) is 1. The van der Waals surface area contributed by atoms with Gasteiger partial charge in [-0.05, 0) is 30.2 Å². The minimum Gasteiger partial charge on any atom is -0.492 e. The molecule has 0 bridgehead atoms. The Labute approximate surface area is 176 Å². The molecule has 0 saturated carbocycles. The number of carbonyl (C=O) groups excluding carboxylic acids is 1. The van der Waals surface area contributed by atoms with Gasteiger partial charge in [-0.15, -0.1) is 0 Å². The molecule has 31 heavy (non-hydrogen) atoms. The summed E-state index contributed by atoms with van der Waals surface area (Å²) < 4.78 is 44.5. The van der Waals surface area contributed by atoms with Crippen LogP contribution in [0.4, 0.5) is 24.5 Å². The zero-order chi connectivity index (χ0) is 22.2. The number of nitro groups is 1. The van der Waals surface area contributed by atoms with Crippen molar-refractivity contribution >= 4 is 17.3 Å². The van der Waals surface area contributed by atoms with Gasteiger partial charge in [-0.25, -0.2) is 0 Å². The maximum atomic E-state index is 12.9. The summed E-state index contributed by atoms with van der Waals surface area (Å²) in [4.78, 5) is 26.8. The van der Waals surface area contributed by atoms with Gasteiger partial charge >= 0.3 is 6.18 Å². The maximum absolute atomic E-state index is 12.9. The number of amides is 1. The van der Waals surface area contributed by atoms with Crippen molar-refractivity contribution < 1.29 is 27.6 Å². The van der Waals surface area contributed by atoms with Crippen LogP contribution in [0, 0.1) is 16.0 Å². The zero-order valence-electron chi connectivity index (χ0n) is 16.5. The van der Waals surface area contributed by atoms with Gasteiger partial charge in [-0.2, -0.15) is 13.2 Å². The highest BCUT2D eigenvalue weighted by Crippen LogP contribution is 2.37. The summed E-state index contributed by atoms with van der Waals surface area (Å²) in [5.41, 5.74) is -0.549. The maximum Gasteiger partial charge on any atom is 0.416 e. The largest absolute Gasteiger partial charge is 0.492 e. The molecule has 164 valence electrons. The van der Waals surface area contributed by atoms with Crippen molar-refractivity contribution in [1.29, 1.82) is 0 Å². The van der Waals surface area contributed by atoms with Crippen molar-refractivity contribution in [2.75, 3.05) is 37.7 Å². The smallest absolute Gasteiger partial charge is 0.416 e. The van der Waals surface area contributed by atoms with Crippen LogP contribution in [0.3, 0.4) is 0 Å². The van der Waals surface area contributed by atoms with E-state index in [1.54, 1.807) is 9.80 Å². The fourth-order valence-corrected chi connectivity index (χ4v) is 4.03. The molecule has 7 nitrogen and oxygen atoms in total. The molecule has 2 aromatic carbocycles. The first-order chi connectivity index (χ1) is 14.7. The van der Waals surface area contributed by atoms with E-state index in [1.165, 1.54) is 0 Å². The van der Waals surface area contributed by atoms with Crippen LogP contribution in [-0.2, 0) is 17.4 Å². The molecule has 1 unspecified atom stereocenters. The van der Waals surface area contributed by atoms with Crippen LogP contribution in [0.5, 0.6) is 5.75 Å². The minimum atomic E-state index is -4.66. The predicted molar refractivity (Wildman–Crippen MR) is 106 cm³/mol. The molecule has 2 aromatic rings. The van der Waals surface area contributed by atoms with E-state index in [9.17, 15) is 28.1 Å². The number of halogens is 3. The van der Waals surface area contributed by atoms with Crippen LogP contribution in [0.1, 0.15) is 11.1 Å². The van der Waals surface area contributed by atoms with Crippen molar-refractivity contribution in [2.24, 2.45) is 5.92 Å². The number of fused-ring (bicyclic) bond motifs is 1. The average Bonchev–Trinajstić information content (AvgIpc) is 2.77. The third-order valence-electron chi connectivity index (χ3n) is 5.66. The second-order valence-electron chi connectivity index (χ2n) is 7.59. The van der Waals surface area contributed by atoms with Crippen LogP contribution < -0.4 is 9.64 Å². The second kappa shape index (κ2) is 8.09. The van der Waals surface area contributed by atoms with Gasteiger partial charge in [-0.1, -0.05) is 18.2 Å². The highest BCUT2D eigenvalue weighted by molar-refractivity contribution is 5.80. The van der Waals surface area contributed by atoms with E-state index >= 15 is 0 Å². The molecule has 0 spiro atoms. The number of anilines is 1. The van der Waals surface area contributed by atoms with Gasteiger partial charge in [0.1, 0.15) is 18.0 Å². The Balaban J connectivity index is 1.43. The van der Waals surface area contributed by atoms with Crippen LogP contribution in [0.25, 0.3) is 0 Å². The van der Waals surface area contributed by atoms with Crippen molar-refractivity contribution in [3.63, 3.8) is 0 Å². The van der Waals surface area contributed by atoms with E-state index in [0.29, 0.717) is 45.3 Å². The van der Waals surface area contributed by atoms with Crippen LogP contribution in [-0.4, -0.2) is 48.5 Å². The first-order valence-electron chi connectivity index (χ1n) is 9.84. The zero-order valence-corrected chi connectivity index (χ0v) is 16.5. The number of rotatable bonds is 3. The van der Waals surface area contributed by atoms with E-state index in [-0.39, 0.29) is 17.5 Å². The number of nitrogens with zero attached hydrogens (tertiary/aromatic N) is 3. The van der Waals surface area contributed by atoms with Crippen molar-refractivity contribution in [3.05, 3.63) is 63.7 Å². The number of carbonyl (C=O) groups is 1. The standard InChI is InChI=1S/C21H20F3N3O4/c22-21(23,24)16-5-6-17(18(12-16)27(29)30)25-7-9-26(10-8-25)20(28)15-11-14-3-1-2-4-19(14)31-13-15/h1-6,12,15H,7-11,13H2. The van der Waals surface area contributed by atoms with Crippen LogP contribution in [0.2, 0.25) is 0 Å². The van der Waals surface area contributed by atoms with Gasteiger partial charge in [0, 0.05) is 32.2 Å². The number of para-hydroxylation sites is 1. The normalized spacial score (nSPS) is 18.9. The van der Waals surface area contributed by atoms with Gasteiger partial charge in [0.05, 0.1) is 16.4 Å². The Morgan fingerprint density at radius 2 is 1.81 bits per heavy atom. The molecule has 0 aromatic heterocycles. The van der Waals surface area contributed by atoms with Gasteiger partial charge in [0.25, 0.3) is 5.69 Å². The third-order valence-corrected chi connectivity index (χ3v) is 5.66. The molecule has 1 saturated heterocycles. The Morgan fingerprint density at radius 1 is 1.10 bits per heavy atom. The lowest BCUT2D eigenvalue weighted by atomic mass is 9.95. The highest BCUT2D eigenvalue weighted by atomic mass is 19.4. The summed E-state index contributed by atoms with van der Waals surface area (Å²) in [6.45, 7) is 1.54. The lowest BCUT2D eigenvalue weighted by Crippen LogP contribution is -2.51. The minimum absolute atomic E-state index is 0.0453. The van der Waals surface area contributed by atoms with Gasteiger partial charge in [-0.3, -0.25) is 14.9 Å². The Bertz CT molecular complexity index is 1000. The lowest BCUT2D eigenvalue weighted by molar-refractivity contribution is -0.384. The quantitative estimate of drug-likeness (QED) is 0.545. The molecule has 2 aliphatic heterocycles. The summed E-state index contributed by atoms with van der Waals surface area (Å²) >= 11 is 0. The molecule has 1 atom stereocenters. The SMILES string of the molecule is O=C(C1COc2ccccc2C1)N1CCN(c2ccc(C(F)(F)F)cc2[N+](=O)[O-])CC1.